The quantitative estimate of drug-likeness (QED) is 0.774. The summed E-state index contributed by atoms with van der Waals surface area (Å²) >= 11 is 0. The van der Waals surface area contributed by atoms with Gasteiger partial charge in [-0.1, -0.05) is 37.3 Å². The van der Waals surface area contributed by atoms with Crippen LogP contribution in [-0.2, 0) is 11.3 Å². The number of benzene rings is 1. The summed E-state index contributed by atoms with van der Waals surface area (Å²) in [5.41, 5.74) is 1.08. The third kappa shape index (κ3) is 3.09. The lowest BCUT2D eigenvalue weighted by molar-refractivity contribution is -0.133. The molecule has 1 amide bonds. The maximum atomic E-state index is 11.8. The number of carbonyl (C=O) groups excluding carboxylic acids is 1. The minimum Gasteiger partial charge on any atom is -0.340 e. The third-order valence-electron chi connectivity index (χ3n) is 2.50. The van der Waals surface area contributed by atoms with E-state index in [4.69, 9.17) is 5.26 Å². The second-order valence-corrected chi connectivity index (χ2v) is 3.77. The molecule has 0 aromatic heterocycles. The smallest absolute Gasteiger partial charge is 0.239 e. The van der Waals surface area contributed by atoms with Gasteiger partial charge < -0.3 is 4.90 Å². The molecule has 3 nitrogen and oxygen atoms in total. The van der Waals surface area contributed by atoms with Gasteiger partial charge in [-0.3, -0.25) is 4.79 Å². The van der Waals surface area contributed by atoms with Crippen molar-refractivity contribution in [3.63, 3.8) is 0 Å². The first-order valence-electron chi connectivity index (χ1n) is 5.37. The zero-order valence-corrected chi connectivity index (χ0v) is 9.68. The molecule has 0 aliphatic rings. The Morgan fingerprint density at radius 1 is 1.44 bits per heavy atom. The summed E-state index contributed by atoms with van der Waals surface area (Å²) in [5, 5.41) is 8.81. The summed E-state index contributed by atoms with van der Waals surface area (Å²) in [6.45, 7) is 2.40. The molecule has 0 saturated carbocycles. The highest BCUT2D eigenvalue weighted by Gasteiger charge is 2.19. The number of nitriles is 1. The normalized spacial score (nSPS) is 11.6. The van der Waals surface area contributed by atoms with Crippen molar-refractivity contribution in [2.45, 2.75) is 19.9 Å². The van der Waals surface area contributed by atoms with Crippen molar-refractivity contribution in [2.75, 3.05) is 7.05 Å². The van der Waals surface area contributed by atoms with Crippen LogP contribution in [0.15, 0.2) is 30.3 Å². The van der Waals surface area contributed by atoms with E-state index in [-0.39, 0.29) is 5.91 Å². The second-order valence-electron chi connectivity index (χ2n) is 3.77. The van der Waals surface area contributed by atoms with E-state index in [1.807, 2.05) is 43.3 Å². The zero-order chi connectivity index (χ0) is 12.0. The molecule has 1 unspecified atom stereocenters. The maximum Gasteiger partial charge on any atom is 0.239 e. The molecule has 0 saturated heterocycles. The number of amides is 1. The third-order valence-corrected chi connectivity index (χ3v) is 2.50. The van der Waals surface area contributed by atoms with E-state index in [9.17, 15) is 4.79 Å². The van der Waals surface area contributed by atoms with E-state index >= 15 is 0 Å². The second kappa shape index (κ2) is 5.92. The minimum atomic E-state index is -0.520. The predicted octanol–water partition coefficient (Wildman–Crippen LogP) is 2.19. The first-order valence-corrected chi connectivity index (χ1v) is 5.37. The fourth-order valence-corrected chi connectivity index (χ4v) is 1.52. The van der Waals surface area contributed by atoms with Crippen molar-refractivity contribution >= 4 is 5.91 Å². The molecule has 0 fully saturated rings. The molecule has 0 heterocycles. The Morgan fingerprint density at radius 3 is 2.56 bits per heavy atom. The molecular formula is C13H16N2O. The predicted molar refractivity (Wildman–Crippen MR) is 62.3 cm³/mol. The van der Waals surface area contributed by atoms with Crippen LogP contribution in [0.2, 0.25) is 0 Å². The summed E-state index contributed by atoms with van der Waals surface area (Å²) in [6, 6.07) is 11.8. The molecule has 1 aromatic carbocycles. The fourth-order valence-electron chi connectivity index (χ4n) is 1.52. The highest BCUT2D eigenvalue weighted by Crippen LogP contribution is 2.09. The highest BCUT2D eigenvalue weighted by molar-refractivity contribution is 5.80. The average molecular weight is 216 g/mol. The molecule has 84 valence electrons. The van der Waals surface area contributed by atoms with Crippen molar-refractivity contribution in [3.05, 3.63) is 35.9 Å². The zero-order valence-electron chi connectivity index (χ0n) is 9.68. The Morgan fingerprint density at radius 2 is 2.06 bits per heavy atom. The SMILES string of the molecule is CCC(C#N)C(=O)N(C)Cc1ccccc1. The van der Waals surface area contributed by atoms with Crippen molar-refractivity contribution in [1.29, 1.82) is 5.26 Å². The first kappa shape index (κ1) is 12.3. The number of carbonyl (C=O) groups is 1. The molecule has 3 heteroatoms. The Hall–Kier alpha value is -1.82. The monoisotopic (exact) mass is 216 g/mol. The van der Waals surface area contributed by atoms with Gasteiger partial charge in [0.05, 0.1) is 6.07 Å². The number of nitrogens with zero attached hydrogens (tertiary/aromatic N) is 2. The molecule has 1 aromatic rings. The fraction of sp³-hybridized carbons (Fsp3) is 0.385. The van der Waals surface area contributed by atoms with Crippen LogP contribution in [0.4, 0.5) is 0 Å². The minimum absolute atomic E-state index is 0.103. The lowest BCUT2D eigenvalue weighted by atomic mass is 10.1. The van der Waals surface area contributed by atoms with E-state index in [0.29, 0.717) is 13.0 Å². The van der Waals surface area contributed by atoms with Crippen LogP contribution in [0.25, 0.3) is 0 Å². The number of hydrogen-bond donors (Lipinski definition) is 0. The van der Waals surface area contributed by atoms with Crippen LogP contribution in [0.1, 0.15) is 18.9 Å². The van der Waals surface area contributed by atoms with Crippen LogP contribution >= 0.6 is 0 Å². The van der Waals surface area contributed by atoms with E-state index in [2.05, 4.69) is 0 Å². The Kier molecular flexibility index (Phi) is 4.53. The summed E-state index contributed by atoms with van der Waals surface area (Å²) < 4.78 is 0. The summed E-state index contributed by atoms with van der Waals surface area (Å²) in [7, 11) is 1.73. The van der Waals surface area contributed by atoms with Crippen molar-refractivity contribution < 1.29 is 4.79 Å². The van der Waals surface area contributed by atoms with Gasteiger partial charge in [0.1, 0.15) is 5.92 Å². The molecule has 1 atom stereocenters. The number of hydrogen-bond acceptors (Lipinski definition) is 2. The largest absolute Gasteiger partial charge is 0.340 e. The Bertz CT molecular complexity index is 381. The van der Waals surface area contributed by atoms with Crippen LogP contribution in [0, 0.1) is 17.2 Å². The molecule has 0 aliphatic heterocycles. The van der Waals surface area contributed by atoms with Crippen molar-refractivity contribution in [3.8, 4) is 6.07 Å². The van der Waals surface area contributed by atoms with Gasteiger partial charge in [0.25, 0.3) is 0 Å². The van der Waals surface area contributed by atoms with Gasteiger partial charge in [-0.25, -0.2) is 0 Å². The van der Waals surface area contributed by atoms with Gasteiger partial charge >= 0.3 is 0 Å². The Balaban J connectivity index is 2.63. The van der Waals surface area contributed by atoms with E-state index < -0.39 is 5.92 Å². The van der Waals surface area contributed by atoms with Gasteiger partial charge in [0.2, 0.25) is 5.91 Å². The molecule has 16 heavy (non-hydrogen) atoms. The molecular weight excluding hydrogens is 200 g/mol. The van der Waals surface area contributed by atoms with Crippen LogP contribution < -0.4 is 0 Å². The van der Waals surface area contributed by atoms with Crippen molar-refractivity contribution in [1.82, 2.24) is 4.90 Å². The lowest BCUT2D eigenvalue weighted by Crippen LogP contribution is -2.31. The molecule has 0 aliphatic carbocycles. The van der Waals surface area contributed by atoms with E-state index in [1.54, 1.807) is 11.9 Å². The number of rotatable bonds is 4. The van der Waals surface area contributed by atoms with Crippen LogP contribution in [0.5, 0.6) is 0 Å². The molecule has 1 rings (SSSR count). The van der Waals surface area contributed by atoms with Gasteiger partial charge in [0, 0.05) is 13.6 Å². The highest BCUT2D eigenvalue weighted by atomic mass is 16.2. The van der Waals surface area contributed by atoms with Gasteiger partial charge in [-0.05, 0) is 12.0 Å². The van der Waals surface area contributed by atoms with Crippen molar-refractivity contribution in [2.24, 2.45) is 5.92 Å². The van der Waals surface area contributed by atoms with Gasteiger partial charge in [-0.2, -0.15) is 5.26 Å². The molecule has 0 bridgehead atoms. The standard InChI is InChI=1S/C13H16N2O/c1-3-12(9-14)13(16)15(2)10-11-7-5-4-6-8-11/h4-8,12H,3,10H2,1-2H3. The molecule has 0 spiro atoms. The maximum absolute atomic E-state index is 11.8. The molecule has 0 N–H and O–H groups in total. The average Bonchev–Trinajstić information content (AvgIpc) is 2.31. The van der Waals surface area contributed by atoms with Crippen LogP contribution in [-0.4, -0.2) is 17.9 Å². The van der Waals surface area contributed by atoms with Gasteiger partial charge in [0.15, 0.2) is 0 Å². The van der Waals surface area contributed by atoms with Crippen LogP contribution in [0.3, 0.4) is 0 Å². The first-order chi connectivity index (χ1) is 7.69. The summed E-state index contributed by atoms with van der Waals surface area (Å²) in [5.74, 6) is -0.623. The summed E-state index contributed by atoms with van der Waals surface area (Å²) in [6.07, 6.45) is 0.564. The topological polar surface area (TPSA) is 44.1 Å². The van der Waals surface area contributed by atoms with Gasteiger partial charge in [-0.15, -0.1) is 0 Å². The summed E-state index contributed by atoms with van der Waals surface area (Å²) in [4.78, 5) is 13.4. The van der Waals surface area contributed by atoms with E-state index in [0.717, 1.165) is 5.56 Å². The molecule has 0 radical (unpaired) electrons. The van der Waals surface area contributed by atoms with E-state index in [1.165, 1.54) is 0 Å². The Labute approximate surface area is 96.3 Å². The lowest BCUT2D eigenvalue weighted by Gasteiger charge is -2.19.